The number of aromatic nitrogens is 2. The Balaban J connectivity index is 1.74. The highest BCUT2D eigenvalue weighted by atomic mass is 19.4. The van der Waals surface area contributed by atoms with Crippen molar-refractivity contribution >= 4 is 17.8 Å². The van der Waals surface area contributed by atoms with Crippen LogP contribution in [0.15, 0.2) is 60.8 Å². The molecule has 1 atom stereocenters. The van der Waals surface area contributed by atoms with Crippen LogP contribution in [0, 0.1) is 0 Å². The van der Waals surface area contributed by atoms with Gasteiger partial charge in [-0.2, -0.15) is 18.3 Å². The molecule has 0 saturated carbocycles. The molecule has 0 aliphatic rings. The fourth-order valence-corrected chi connectivity index (χ4v) is 3.06. The third kappa shape index (κ3) is 6.37. The van der Waals surface area contributed by atoms with Crippen LogP contribution < -0.4 is 15.4 Å². The van der Waals surface area contributed by atoms with Crippen LogP contribution in [0.2, 0.25) is 0 Å². The molecule has 0 unspecified atom stereocenters. The van der Waals surface area contributed by atoms with E-state index in [0.29, 0.717) is 12.4 Å². The number of aliphatic carboxylic acids is 1. The molecule has 2 amide bonds. The number of para-hydroxylation sites is 1. The van der Waals surface area contributed by atoms with E-state index in [0.717, 1.165) is 10.9 Å². The van der Waals surface area contributed by atoms with Crippen molar-refractivity contribution in [2.24, 2.45) is 0 Å². The van der Waals surface area contributed by atoms with Crippen molar-refractivity contribution in [2.75, 3.05) is 13.2 Å². The quantitative estimate of drug-likeness (QED) is 0.424. The van der Waals surface area contributed by atoms with Crippen LogP contribution in [-0.2, 0) is 11.0 Å². The van der Waals surface area contributed by atoms with E-state index < -0.39 is 47.8 Å². The van der Waals surface area contributed by atoms with Crippen molar-refractivity contribution in [2.45, 2.75) is 19.1 Å². The SMILES string of the molecule is CCOc1ccc(C(=O)NC[C@H](NC(=O)c2cn(-c3ccccc3)nc2C(F)(F)F)C(=O)O)cc1. The highest BCUT2D eigenvalue weighted by Gasteiger charge is 2.40. The number of nitrogens with one attached hydrogen (secondary N) is 2. The van der Waals surface area contributed by atoms with Gasteiger partial charge in [0, 0.05) is 18.3 Å². The molecule has 184 valence electrons. The number of rotatable bonds is 9. The zero-order valence-electron chi connectivity index (χ0n) is 18.4. The van der Waals surface area contributed by atoms with E-state index in [1.165, 1.54) is 24.3 Å². The summed E-state index contributed by atoms with van der Waals surface area (Å²) in [6, 6.07) is 12.1. The summed E-state index contributed by atoms with van der Waals surface area (Å²) in [5.74, 6) is -2.95. The number of carbonyl (C=O) groups is 3. The number of carboxylic acid groups (broad SMARTS) is 1. The van der Waals surface area contributed by atoms with E-state index >= 15 is 0 Å². The molecule has 0 radical (unpaired) electrons. The lowest BCUT2D eigenvalue weighted by molar-refractivity contribution is -0.141. The minimum atomic E-state index is -4.96. The summed E-state index contributed by atoms with van der Waals surface area (Å²) in [6.07, 6.45) is -4.10. The summed E-state index contributed by atoms with van der Waals surface area (Å²) in [5, 5.41) is 17.3. The number of halogens is 3. The number of hydrogen-bond acceptors (Lipinski definition) is 5. The lowest BCUT2D eigenvalue weighted by atomic mass is 10.2. The number of amides is 2. The van der Waals surface area contributed by atoms with Crippen molar-refractivity contribution in [1.29, 1.82) is 0 Å². The van der Waals surface area contributed by atoms with E-state index in [1.807, 2.05) is 5.32 Å². The van der Waals surface area contributed by atoms with Gasteiger partial charge < -0.3 is 20.5 Å². The first-order valence-corrected chi connectivity index (χ1v) is 10.4. The van der Waals surface area contributed by atoms with Crippen molar-refractivity contribution in [3.05, 3.63) is 77.6 Å². The standard InChI is InChI=1S/C23H21F3N4O5/c1-2-35-16-10-8-14(9-11-16)20(31)27-12-18(22(33)34)28-21(32)17-13-30(15-6-4-3-5-7-15)29-19(17)23(24,25)26/h3-11,13,18H,2,12H2,1H3,(H,27,31)(H,28,32)(H,33,34)/t18-/m0/s1. The van der Waals surface area contributed by atoms with Gasteiger partial charge in [-0.25, -0.2) is 9.48 Å². The van der Waals surface area contributed by atoms with Gasteiger partial charge in [-0.1, -0.05) is 18.2 Å². The van der Waals surface area contributed by atoms with Crippen molar-refractivity contribution in [3.63, 3.8) is 0 Å². The first kappa shape index (κ1) is 25.3. The number of carboxylic acids is 1. The van der Waals surface area contributed by atoms with Gasteiger partial charge >= 0.3 is 12.1 Å². The highest BCUT2D eigenvalue weighted by Crippen LogP contribution is 2.31. The summed E-state index contributed by atoms with van der Waals surface area (Å²) in [6.45, 7) is 1.67. The Kier molecular flexibility index (Phi) is 7.74. The number of carbonyl (C=O) groups excluding carboxylic acids is 2. The lowest BCUT2D eigenvalue weighted by Crippen LogP contribution is -2.48. The zero-order valence-corrected chi connectivity index (χ0v) is 18.4. The average molecular weight is 490 g/mol. The Hall–Kier alpha value is -4.35. The molecule has 1 heterocycles. The van der Waals surface area contributed by atoms with Gasteiger partial charge in [0.05, 0.1) is 17.9 Å². The van der Waals surface area contributed by atoms with Crippen LogP contribution in [0.1, 0.15) is 33.3 Å². The zero-order chi connectivity index (χ0) is 25.6. The average Bonchev–Trinajstić information content (AvgIpc) is 3.29. The molecule has 0 bridgehead atoms. The minimum absolute atomic E-state index is 0.201. The molecule has 0 spiro atoms. The Morgan fingerprint density at radius 1 is 1.06 bits per heavy atom. The highest BCUT2D eigenvalue weighted by molar-refractivity contribution is 5.98. The molecule has 2 aromatic carbocycles. The van der Waals surface area contributed by atoms with E-state index in [2.05, 4.69) is 10.4 Å². The van der Waals surface area contributed by atoms with Gasteiger partial charge in [-0.05, 0) is 43.3 Å². The summed E-state index contributed by atoms with van der Waals surface area (Å²) in [7, 11) is 0. The molecule has 35 heavy (non-hydrogen) atoms. The van der Waals surface area contributed by atoms with Crippen LogP contribution in [0.4, 0.5) is 13.2 Å². The summed E-state index contributed by atoms with van der Waals surface area (Å²) < 4.78 is 46.7. The Morgan fingerprint density at radius 3 is 2.29 bits per heavy atom. The van der Waals surface area contributed by atoms with Gasteiger partial charge in [-0.15, -0.1) is 0 Å². The summed E-state index contributed by atoms with van der Waals surface area (Å²) >= 11 is 0. The second kappa shape index (κ2) is 10.7. The first-order chi connectivity index (χ1) is 16.6. The maximum atomic E-state index is 13.5. The van der Waals surface area contributed by atoms with Crippen molar-refractivity contribution in [3.8, 4) is 11.4 Å². The monoisotopic (exact) mass is 490 g/mol. The smallest absolute Gasteiger partial charge is 0.435 e. The van der Waals surface area contributed by atoms with Crippen molar-refractivity contribution in [1.82, 2.24) is 20.4 Å². The van der Waals surface area contributed by atoms with Crippen LogP contribution in [0.25, 0.3) is 5.69 Å². The van der Waals surface area contributed by atoms with Crippen LogP contribution in [0.3, 0.4) is 0 Å². The fourth-order valence-electron chi connectivity index (χ4n) is 3.06. The Labute approximate surface area is 197 Å². The Bertz CT molecular complexity index is 1190. The fraction of sp³-hybridized carbons (Fsp3) is 0.217. The molecule has 9 nitrogen and oxygen atoms in total. The van der Waals surface area contributed by atoms with Gasteiger partial charge in [0.25, 0.3) is 11.8 Å². The van der Waals surface area contributed by atoms with E-state index in [1.54, 1.807) is 37.3 Å². The normalized spacial score (nSPS) is 12.0. The number of ether oxygens (including phenoxy) is 1. The molecular weight excluding hydrogens is 469 g/mol. The number of hydrogen-bond donors (Lipinski definition) is 3. The molecule has 3 aromatic rings. The molecule has 0 aliphatic carbocycles. The molecule has 0 saturated heterocycles. The predicted octanol–water partition coefficient (Wildman–Crippen LogP) is 2.90. The van der Waals surface area contributed by atoms with Gasteiger partial charge in [0.1, 0.15) is 11.8 Å². The minimum Gasteiger partial charge on any atom is -0.494 e. The molecule has 0 aliphatic heterocycles. The molecular formula is C23H21F3N4O5. The number of nitrogens with zero attached hydrogens (tertiary/aromatic N) is 2. The maximum absolute atomic E-state index is 13.5. The summed E-state index contributed by atoms with van der Waals surface area (Å²) in [4.78, 5) is 36.6. The molecule has 3 N–H and O–H groups in total. The second-order valence-corrected chi connectivity index (χ2v) is 7.20. The molecule has 3 rings (SSSR count). The molecule has 1 aromatic heterocycles. The Morgan fingerprint density at radius 2 is 1.71 bits per heavy atom. The summed E-state index contributed by atoms with van der Waals surface area (Å²) in [5.41, 5.74) is -1.85. The number of benzene rings is 2. The number of alkyl halides is 3. The third-order valence-corrected chi connectivity index (χ3v) is 4.75. The topological polar surface area (TPSA) is 123 Å². The lowest BCUT2D eigenvalue weighted by Gasteiger charge is -2.16. The molecule has 0 fully saturated rings. The molecule has 12 heteroatoms. The second-order valence-electron chi connectivity index (χ2n) is 7.20. The third-order valence-electron chi connectivity index (χ3n) is 4.75. The van der Waals surface area contributed by atoms with Gasteiger partial charge in [0.2, 0.25) is 0 Å². The van der Waals surface area contributed by atoms with Crippen LogP contribution in [-0.4, -0.2) is 51.9 Å². The van der Waals surface area contributed by atoms with E-state index in [4.69, 9.17) is 4.74 Å². The van der Waals surface area contributed by atoms with Crippen LogP contribution >= 0.6 is 0 Å². The maximum Gasteiger partial charge on any atom is 0.435 e. The van der Waals surface area contributed by atoms with E-state index in [9.17, 15) is 32.7 Å². The van der Waals surface area contributed by atoms with Crippen LogP contribution in [0.5, 0.6) is 5.75 Å². The van der Waals surface area contributed by atoms with Gasteiger partial charge in [0.15, 0.2) is 5.69 Å². The van der Waals surface area contributed by atoms with E-state index in [-0.39, 0.29) is 11.3 Å². The largest absolute Gasteiger partial charge is 0.494 e. The first-order valence-electron chi connectivity index (χ1n) is 10.4. The van der Waals surface area contributed by atoms with Crippen molar-refractivity contribution < 1.29 is 37.4 Å². The van der Waals surface area contributed by atoms with Gasteiger partial charge in [-0.3, -0.25) is 9.59 Å². The predicted molar refractivity (Wildman–Crippen MR) is 117 cm³/mol.